The fourth-order valence-electron chi connectivity index (χ4n) is 2.69. The van der Waals surface area contributed by atoms with Crippen LogP contribution in [0.2, 0.25) is 5.02 Å². The van der Waals surface area contributed by atoms with Crippen LogP contribution < -0.4 is 19.2 Å². The first kappa shape index (κ1) is 18.3. The summed E-state index contributed by atoms with van der Waals surface area (Å²) in [5.41, 5.74) is 2.15. The summed E-state index contributed by atoms with van der Waals surface area (Å²) in [4.78, 5) is 11.9. The largest absolute Gasteiger partial charge is 0.336 e. The molecule has 0 unspecified atom stereocenters. The number of rotatable bonds is 5. The summed E-state index contributed by atoms with van der Waals surface area (Å²) >= 11 is 5.82. The Labute approximate surface area is 157 Å². The highest BCUT2D eigenvalue weighted by molar-refractivity contribution is 7.94. The summed E-state index contributed by atoms with van der Waals surface area (Å²) in [7, 11) is -2.09. The normalized spacial score (nSPS) is 14.8. The molecule has 0 radical (unpaired) electrons. The van der Waals surface area contributed by atoms with Crippen LogP contribution >= 0.6 is 11.6 Å². The highest BCUT2D eigenvalue weighted by atomic mass is 35.5. The van der Waals surface area contributed by atoms with E-state index in [4.69, 9.17) is 11.6 Å². The van der Waals surface area contributed by atoms with Gasteiger partial charge in [-0.2, -0.15) is 8.42 Å². The van der Waals surface area contributed by atoms with Crippen molar-refractivity contribution in [1.29, 1.82) is 0 Å². The standard InChI is InChI=1S/C17H19ClN4O3S/c1-21-15-4-2-3-5-16(15)22(26(21,24)25)11-10-19-17(23)20-12-13-6-8-14(18)9-7-13/h2-9H,10-12H2,1H3,(H2,19,20,23). The Hall–Kier alpha value is -2.45. The van der Waals surface area contributed by atoms with Crippen LogP contribution in [0.5, 0.6) is 0 Å². The minimum atomic E-state index is -3.60. The van der Waals surface area contributed by atoms with Crippen LogP contribution in [-0.2, 0) is 16.8 Å². The summed E-state index contributed by atoms with van der Waals surface area (Å²) < 4.78 is 27.5. The van der Waals surface area contributed by atoms with Gasteiger partial charge in [0.1, 0.15) is 0 Å². The van der Waals surface area contributed by atoms with Crippen molar-refractivity contribution >= 4 is 39.2 Å². The lowest BCUT2D eigenvalue weighted by Gasteiger charge is -2.19. The van der Waals surface area contributed by atoms with Gasteiger partial charge in [-0.05, 0) is 29.8 Å². The second kappa shape index (κ2) is 7.43. The zero-order chi connectivity index (χ0) is 18.7. The van der Waals surface area contributed by atoms with E-state index in [0.29, 0.717) is 22.9 Å². The van der Waals surface area contributed by atoms with Crippen molar-refractivity contribution in [2.75, 3.05) is 28.7 Å². The van der Waals surface area contributed by atoms with E-state index in [9.17, 15) is 13.2 Å². The maximum atomic E-state index is 12.5. The number of halogens is 1. The molecule has 2 N–H and O–H groups in total. The third-order valence-corrected chi connectivity index (χ3v) is 6.16. The summed E-state index contributed by atoms with van der Waals surface area (Å²) in [6.45, 7) is 0.697. The molecule has 1 aliphatic heterocycles. The average Bonchev–Trinajstić information content (AvgIpc) is 2.82. The summed E-state index contributed by atoms with van der Waals surface area (Å²) in [6, 6.07) is 13.9. The smallest absolute Gasteiger partial charge is 0.326 e. The van der Waals surface area contributed by atoms with Crippen LogP contribution in [0.25, 0.3) is 0 Å². The topological polar surface area (TPSA) is 81.8 Å². The Bertz CT molecular complexity index is 902. The van der Waals surface area contributed by atoms with Gasteiger partial charge in [0.2, 0.25) is 0 Å². The number of amides is 2. The first-order chi connectivity index (χ1) is 12.4. The second-order valence-corrected chi connectivity index (χ2v) is 8.09. The van der Waals surface area contributed by atoms with Gasteiger partial charge in [-0.1, -0.05) is 35.9 Å². The summed E-state index contributed by atoms with van der Waals surface area (Å²) in [6.07, 6.45) is 0. The molecule has 0 aromatic heterocycles. The zero-order valence-electron chi connectivity index (χ0n) is 14.1. The molecule has 138 valence electrons. The van der Waals surface area contributed by atoms with Crippen LogP contribution in [0, 0.1) is 0 Å². The maximum absolute atomic E-state index is 12.5. The van der Waals surface area contributed by atoms with Gasteiger partial charge in [-0.3, -0.25) is 4.31 Å². The molecule has 0 atom stereocenters. The lowest BCUT2D eigenvalue weighted by atomic mass is 10.2. The minimum absolute atomic E-state index is 0.151. The molecule has 0 fully saturated rings. The van der Waals surface area contributed by atoms with Gasteiger partial charge in [0.15, 0.2) is 0 Å². The molecule has 0 bridgehead atoms. The Kier molecular flexibility index (Phi) is 5.24. The van der Waals surface area contributed by atoms with Crippen molar-refractivity contribution in [3.8, 4) is 0 Å². The van der Waals surface area contributed by atoms with E-state index in [1.807, 2.05) is 12.1 Å². The van der Waals surface area contributed by atoms with Gasteiger partial charge in [0.05, 0.1) is 17.9 Å². The third-order valence-electron chi connectivity index (χ3n) is 4.08. The van der Waals surface area contributed by atoms with Crippen molar-refractivity contribution < 1.29 is 13.2 Å². The van der Waals surface area contributed by atoms with Gasteiger partial charge in [0.25, 0.3) is 0 Å². The molecule has 0 saturated heterocycles. The fraction of sp³-hybridized carbons (Fsp3) is 0.235. The van der Waals surface area contributed by atoms with Crippen LogP contribution in [0.1, 0.15) is 5.56 Å². The monoisotopic (exact) mass is 394 g/mol. The van der Waals surface area contributed by atoms with Gasteiger partial charge >= 0.3 is 16.2 Å². The minimum Gasteiger partial charge on any atom is -0.336 e. The Morgan fingerprint density at radius 2 is 1.69 bits per heavy atom. The van der Waals surface area contributed by atoms with E-state index in [1.165, 1.54) is 15.7 Å². The van der Waals surface area contributed by atoms with E-state index in [0.717, 1.165) is 5.56 Å². The van der Waals surface area contributed by atoms with Crippen LogP contribution in [0.15, 0.2) is 48.5 Å². The summed E-state index contributed by atoms with van der Waals surface area (Å²) in [5, 5.41) is 6.03. The average molecular weight is 395 g/mol. The van der Waals surface area contributed by atoms with Crippen molar-refractivity contribution in [3.05, 3.63) is 59.1 Å². The second-order valence-electron chi connectivity index (χ2n) is 5.77. The molecule has 0 aliphatic carbocycles. The predicted octanol–water partition coefficient (Wildman–Crippen LogP) is 2.34. The number of hydrogen-bond donors (Lipinski definition) is 2. The number of carbonyl (C=O) groups is 1. The molecule has 3 rings (SSSR count). The Balaban J connectivity index is 1.53. The van der Waals surface area contributed by atoms with Gasteiger partial charge < -0.3 is 10.6 Å². The number of urea groups is 1. The number of fused-ring (bicyclic) bond motifs is 1. The molecule has 2 aromatic carbocycles. The van der Waals surface area contributed by atoms with E-state index < -0.39 is 10.2 Å². The Morgan fingerprint density at radius 3 is 2.38 bits per heavy atom. The molecule has 1 heterocycles. The number of hydrogen-bond acceptors (Lipinski definition) is 3. The number of benzene rings is 2. The predicted molar refractivity (Wildman–Crippen MR) is 103 cm³/mol. The first-order valence-electron chi connectivity index (χ1n) is 8.01. The molecule has 1 aliphatic rings. The number of para-hydroxylation sites is 2. The van der Waals surface area contributed by atoms with Gasteiger partial charge in [-0.15, -0.1) is 0 Å². The highest BCUT2D eigenvalue weighted by Gasteiger charge is 2.37. The van der Waals surface area contributed by atoms with Crippen LogP contribution in [0.4, 0.5) is 16.2 Å². The quantitative estimate of drug-likeness (QED) is 0.816. The van der Waals surface area contributed by atoms with E-state index in [-0.39, 0.29) is 19.1 Å². The van der Waals surface area contributed by atoms with Crippen molar-refractivity contribution in [2.24, 2.45) is 0 Å². The molecule has 0 saturated carbocycles. The fourth-order valence-corrected chi connectivity index (χ4v) is 4.24. The molecular weight excluding hydrogens is 376 g/mol. The summed E-state index contributed by atoms with van der Waals surface area (Å²) in [5.74, 6) is 0. The van der Waals surface area contributed by atoms with E-state index >= 15 is 0 Å². The van der Waals surface area contributed by atoms with Crippen LogP contribution in [0.3, 0.4) is 0 Å². The highest BCUT2D eigenvalue weighted by Crippen LogP contribution is 2.38. The molecule has 2 aromatic rings. The number of carbonyl (C=O) groups excluding carboxylic acids is 1. The SMILES string of the molecule is CN1c2ccccc2N(CCNC(=O)NCc2ccc(Cl)cc2)S1(=O)=O. The van der Waals surface area contributed by atoms with E-state index in [1.54, 1.807) is 36.4 Å². The third kappa shape index (κ3) is 3.71. The van der Waals surface area contributed by atoms with Gasteiger partial charge in [-0.25, -0.2) is 9.10 Å². The number of anilines is 2. The Morgan fingerprint density at radius 1 is 1.04 bits per heavy atom. The maximum Gasteiger partial charge on any atom is 0.326 e. The molecular formula is C17H19ClN4O3S. The zero-order valence-corrected chi connectivity index (χ0v) is 15.7. The van der Waals surface area contributed by atoms with Crippen molar-refractivity contribution in [2.45, 2.75) is 6.54 Å². The first-order valence-corrected chi connectivity index (χ1v) is 9.79. The lowest BCUT2D eigenvalue weighted by molar-refractivity contribution is 0.241. The van der Waals surface area contributed by atoms with Crippen molar-refractivity contribution in [1.82, 2.24) is 10.6 Å². The van der Waals surface area contributed by atoms with Crippen molar-refractivity contribution in [3.63, 3.8) is 0 Å². The van der Waals surface area contributed by atoms with E-state index in [2.05, 4.69) is 10.6 Å². The molecule has 26 heavy (non-hydrogen) atoms. The van der Waals surface area contributed by atoms with Crippen LogP contribution in [-0.4, -0.2) is 34.6 Å². The van der Waals surface area contributed by atoms with Gasteiger partial charge in [0, 0.05) is 25.2 Å². The number of nitrogens with one attached hydrogen (secondary N) is 2. The molecule has 2 amide bonds. The molecule has 7 nitrogen and oxygen atoms in total. The molecule has 9 heteroatoms. The molecule has 0 spiro atoms. The number of nitrogens with zero attached hydrogens (tertiary/aromatic N) is 2. The lowest BCUT2D eigenvalue weighted by Crippen LogP contribution is -2.43.